The molecule has 9 nitrogen and oxygen atoms in total. The molecule has 0 aliphatic heterocycles. The summed E-state index contributed by atoms with van der Waals surface area (Å²) in [5.41, 5.74) is 1.64. The zero-order valence-electron chi connectivity index (χ0n) is 17.4. The van der Waals surface area contributed by atoms with Crippen LogP contribution in [0.25, 0.3) is 10.9 Å². The summed E-state index contributed by atoms with van der Waals surface area (Å²) in [6, 6.07) is 16.8. The average molecular weight is 417 g/mol. The Morgan fingerprint density at radius 1 is 0.935 bits per heavy atom. The monoisotopic (exact) mass is 417 g/mol. The lowest BCUT2D eigenvalue weighted by atomic mass is 10.2. The van der Waals surface area contributed by atoms with Crippen molar-refractivity contribution in [2.45, 2.75) is 26.4 Å². The lowest BCUT2D eigenvalue weighted by molar-refractivity contribution is 0.0636. The second-order valence-electron chi connectivity index (χ2n) is 7.84. The van der Waals surface area contributed by atoms with Gasteiger partial charge in [0, 0.05) is 22.8 Å². The SMILES string of the molecule is CC(C)(C)OC(=O)Nc1ccc(Nc2nc(Nc3ccn[nH]3)c3ccccc3n2)cc1. The highest BCUT2D eigenvalue weighted by atomic mass is 16.6. The highest BCUT2D eigenvalue weighted by Gasteiger charge is 2.16. The Hall–Kier alpha value is -4.14. The van der Waals surface area contributed by atoms with E-state index in [1.807, 2.05) is 63.2 Å². The number of rotatable bonds is 5. The van der Waals surface area contributed by atoms with Crippen LogP contribution in [0, 0.1) is 0 Å². The zero-order valence-corrected chi connectivity index (χ0v) is 17.4. The Kier molecular flexibility index (Phi) is 5.40. The molecule has 1 amide bonds. The van der Waals surface area contributed by atoms with E-state index in [9.17, 15) is 4.79 Å². The first kappa shape index (κ1) is 20.1. The van der Waals surface area contributed by atoms with Gasteiger partial charge < -0.3 is 15.4 Å². The summed E-state index contributed by atoms with van der Waals surface area (Å²) in [5.74, 6) is 1.82. The average Bonchev–Trinajstić information content (AvgIpc) is 3.21. The Labute approximate surface area is 179 Å². The molecule has 0 unspecified atom stereocenters. The number of benzene rings is 2. The second-order valence-corrected chi connectivity index (χ2v) is 7.84. The molecule has 9 heteroatoms. The van der Waals surface area contributed by atoms with Crippen molar-refractivity contribution in [3.05, 3.63) is 60.8 Å². The molecule has 0 spiro atoms. The van der Waals surface area contributed by atoms with Crippen LogP contribution in [-0.2, 0) is 4.74 Å². The number of aromatic amines is 1. The molecular formula is C22H23N7O2. The normalized spacial score (nSPS) is 11.2. The summed E-state index contributed by atoms with van der Waals surface area (Å²) in [4.78, 5) is 21.1. The number of aromatic nitrogens is 4. The summed E-state index contributed by atoms with van der Waals surface area (Å²) >= 11 is 0. The molecule has 0 radical (unpaired) electrons. The maximum absolute atomic E-state index is 11.9. The van der Waals surface area contributed by atoms with Crippen LogP contribution in [0.5, 0.6) is 0 Å². The van der Waals surface area contributed by atoms with Gasteiger partial charge in [-0.3, -0.25) is 10.4 Å². The van der Waals surface area contributed by atoms with E-state index in [2.05, 4.69) is 36.1 Å². The molecule has 0 saturated carbocycles. The van der Waals surface area contributed by atoms with Crippen LogP contribution in [0.15, 0.2) is 60.8 Å². The van der Waals surface area contributed by atoms with Gasteiger partial charge in [0.25, 0.3) is 0 Å². The van der Waals surface area contributed by atoms with Gasteiger partial charge in [0.2, 0.25) is 5.95 Å². The Balaban J connectivity index is 1.52. The fraction of sp³-hybridized carbons (Fsp3) is 0.182. The molecule has 0 atom stereocenters. The molecule has 2 heterocycles. The van der Waals surface area contributed by atoms with E-state index in [1.54, 1.807) is 18.3 Å². The minimum absolute atomic E-state index is 0.438. The number of amides is 1. The third kappa shape index (κ3) is 5.27. The van der Waals surface area contributed by atoms with Crippen molar-refractivity contribution in [2.75, 3.05) is 16.0 Å². The van der Waals surface area contributed by atoms with Crippen molar-refractivity contribution < 1.29 is 9.53 Å². The van der Waals surface area contributed by atoms with Crippen LogP contribution >= 0.6 is 0 Å². The van der Waals surface area contributed by atoms with Crippen LogP contribution in [0.2, 0.25) is 0 Å². The van der Waals surface area contributed by atoms with E-state index in [4.69, 9.17) is 4.74 Å². The van der Waals surface area contributed by atoms with E-state index in [-0.39, 0.29) is 0 Å². The maximum Gasteiger partial charge on any atom is 0.412 e. The van der Waals surface area contributed by atoms with Crippen molar-refractivity contribution in [3.63, 3.8) is 0 Å². The number of H-pyrrole nitrogens is 1. The second kappa shape index (κ2) is 8.31. The molecule has 0 fully saturated rings. The fourth-order valence-electron chi connectivity index (χ4n) is 2.87. The van der Waals surface area contributed by atoms with Crippen molar-refractivity contribution in [3.8, 4) is 0 Å². The maximum atomic E-state index is 11.9. The molecule has 4 N–H and O–H groups in total. The first-order valence-electron chi connectivity index (χ1n) is 9.76. The molecule has 4 rings (SSSR count). The topological polar surface area (TPSA) is 117 Å². The third-order valence-electron chi connectivity index (χ3n) is 4.14. The predicted octanol–water partition coefficient (Wildman–Crippen LogP) is 5.19. The summed E-state index contributed by atoms with van der Waals surface area (Å²) in [6.45, 7) is 5.45. The van der Waals surface area contributed by atoms with Gasteiger partial charge in [-0.05, 0) is 57.2 Å². The van der Waals surface area contributed by atoms with Gasteiger partial charge in [-0.25, -0.2) is 9.78 Å². The van der Waals surface area contributed by atoms with E-state index >= 15 is 0 Å². The Morgan fingerprint density at radius 2 is 1.68 bits per heavy atom. The standard InChI is InChI=1S/C22H23N7O2/c1-22(2,3)31-21(30)25-15-10-8-14(9-11-15)24-20-26-17-7-5-4-6-16(17)19(28-20)27-18-12-13-23-29-18/h4-13H,1-3H3,(H,25,30)(H3,23,24,26,27,28,29). The van der Waals surface area contributed by atoms with Gasteiger partial charge in [0.1, 0.15) is 17.2 Å². The van der Waals surface area contributed by atoms with Gasteiger partial charge in [0.15, 0.2) is 0 Å². The molecule has 2 aromatic heterocycles. The number of fused-ring (bicyclic) bond motifs is 1. The highest BCUT2D eigenvalue weighted by molar-refractivity contribution is 5.91. The number of carbonyl (C=O) groups excluding carboxylic acids is 1. The lowest BCUT2D eigenvalue weighted by Gasteiger charge is -2.19. The van der Waals surface area contributed by atoms with E-state index in [1.165, 1.54) is 0 Å². The molecule has 0 aliphatic rings. The number of anilines is 5. The molecule has 2 aromatic carbocycles. The van der Waals surface area contributed by atoms with Crippen LogP contribution in [0.1, 0.15) is 20.8 Å². The molecule has 4 aromatic rings. The van der Waals surface area contributed by atoms with Crippen LogP contribution in [0.3, 0.4) is 0 Å². The Bertz CT molecular complexity index is 1180. The quantitative estimate of drug-likeness (QED) is 0.353. The number of hydrogen-bond donors (Lipinski definition) is 4. The van der Waals surface area contributed by atoms with Crippen molar-refractivity contribution >= 4 is 46.0 Å². The van der Waals surface area contributed by atoms with Crippen LogP contribution in [0.4, 0.5) is 33.8 Å². The van der Waals surface area contributed by atoms with E-state index in [0.29, 0.717) is 17.5 Å². The van der Waals surface area contributed by atoms with Gasteiger partial charge in [-0.1, -0.05) is 12.1 Å². The number of ether oxygens (including phenoxy) is 1. The molecule has 0 aliphatic carbocycles. The van der Waals surface area contributed by atoms with Gasteiger partial charge in [0.05, 0.1) is 11.7 Å². The number of carbonyl (C=O) groups is 1. The molecule has 0 bridgehead atoms. The number of nitrogens with zero attached hydrogens (tertiary/aromatic N) is 3. The highest BCUT2D eigenvalue weighted by Crippen LogP contribution is 2.26. The van der Waals surface area contributed by atoms with Gasteiger partial charge in [-0.2, -0.15) is 10.1 Å². The van der Waals surface area contributed by atoms with Crippen molar-refractivity contribution in [2.24, 2.45) is 0 Å². The Morgan fingerprint density at radius 3 is 2.39 bits per heavy atom. The van der Waals surface area contributed by atoms with Gasteiger partial charge >= 0.3 is 6.09 Å². The number of hydrogen-bond acceptors (Lipinski definition) is 7. The fourth-order valence-corrected chi connectivity index (χ4v) is 2.87. The summed E-state index contributed by atoms with van der Waals surface area (Å²) in [5, 5.41) is 16.9. The van der Waals surface area contributed by atoms with Gasteiger partial charge in [-0.15, -0.1) is 0 Å². The van der Waals surface area contributed by atoms with Crippen LogP contribution < -0.4 is 16.0 Å². The summed E-state index contributed by atoms with van der Waals surface area (Å²) < 4.78 is 5.26. The van der Waals surface area contributed by atoms with Crippen molar-refractivity contribution in [1.82, 2.24) is 20.2 Å². The first-order chi connectivity index (χ1) is 14.9. The summed E-state index contributed by atoms with van der Waals surface area (Å²) in [6.07, 6.45) is 1.16. The third-order valence-corrected chi connectivity index (χ3v) is 4.14. The molecule has 0 saturated heterocycles. The minimum Gasteiger partial charge on any atom is -0.444 e. The minimum atomic E-state index is -0.555. The largest absolute Gasteiger partial charge is 0.444 e. The van der Waals surface area contributed by atoms with Crippen molar-refractivity contribution in [1.29, 1.82) is 0 Å². The zero-order chi connectivity index (χ0) is 21.8. The smallest absolute Gasteiger partial charge is 0.412 e. The number of para-hydroxylation sites is 1. The summed E-state index contributed by atoms with van der Waals surface area (Å²) in [7, 11) is 0. The molecule has 31 heavy (non-hydrogen) atoms. The lowest BCUT2D eigenvalue weighted by Crippen LogP contribution is -2.27. The molecular weight excluding hydrogens is 394 g/mol. The molecule has 158 valence electrons. The first-order valence-corrected chi connectivity index (χ1v) is 9.76. The number of nitrogens with one attached hydrogen (secondary N) is 4. The van der Waals surface area contributed by atoms with E-state index in [0.717, 1.165) is 22.4 Å². The predicted molar refractivity (Wildman–Crippen MR) is 121 cm³/mol. The van der Waals surface area contributed by atoms with E-state index < -0.39 is 11.7 Å². The van der Waals surface area contributed by atoms with Crippen LogP contribution in [-0.4, -0.2) is 31.9 Å².